The van der Waals surface area contributed by atoms with E-state index in [9.17, 15) is 4.79 Å². The van der Waals surface area contributed by atoms with Crippen molar-refractivity contribution in [1.29, 1.82) is 0 Å². The van der Waals surface area contributed by atoms with Crippen molar-refractivity contribution in [3.8, 4) is 5.69 Å². The molecule has 7 heteroatoms. The lowest BCUT2D eigenvalue weighted by atomic mass is 10.00. The lowest BCUT2D eigenvalue weighted by Crippen LogP contribution is -2.26. The third-order valence-corrected chi connectivity index (χ3v) is 7.89. The summed E-state index contributed by atoms with van der Waals surface area (Å²) in [6.45, 7) is 6.59. The Morgan fingerprint density at radius 3 is 2.70 bits per heavy atom. The number of thioether (sulfide) groups is 1. The second-order valence-corrected chi connectivity index (χ2v) is 10.3. The fourth-order valence-electron chi connectivity index (χ4n) is 3.82. The van der Waals surface area contributed by atoms with Crippen LogP contribution in [-0.2, 0) is 18.6 Å². The molecular weight excluding hydrogens is 376 g/mol. The number of fused-ring (bicyclic) bond motifs is 5. The predicted molar refractivity (Wildman–Crippen MR) is 112 cm³/mol. The summed E-state index contributed by atoms with van der Waals surface area (Å²) in [5.74, 6) is 2.45. The molecule has 4 aromatic rings. The fraction of sp³-hybridized carbons (Fsp3) is 0.350. The number of hydrogen-bond donors (Lipinski definition) is 0. The van der Waals surface area contributed by atoms with E-state index >= 15 is 0 Å². The van der Waals surface area contributed by atoms with E-state index < -0.39 is 0 Å². The number of benzene rings is 1. The summed E-state index contributed by atoms with van der Waals surface area (Å²) in [7, 11) is 0. The van der Waals surface area contributed by atoms with Crippen molar-refractivity contribution in [2.75, 3.05) is 0 Å². The zero-order chi connectivity index (χ0) is 18.8. The predicted octanol–water partition coefficient (Wildman–Crippen LogP) is 4.23. The van der Waals surface area contributed by atoms with Gasteiger partial charge in [0, 0.05) is 21.8 Å². The highest BCUT2D eigenvalue weighted by Crippen LogP contribution is 2.44. The van der Waals surface area contributed by atoms with Gasteiger partial charge in [0.2, 0.25) is 5.78 Å². The summed E-state index contributed by atoms with van der Waals surface area (Å²) < 4.78 is 3.95. The Labute approximate surface area is 165 Å². The van der Waals surface area contributed by atoms with Crippen LogP contribution in [0.1, 0.15) is 37.0 Å². The minimum Gasteiger partial charge on any atom is -0.268 e. The normalized spacial score (nSPS) is 16.1. The molecule has 0 atom stereocenters. The van der Waals surface area contributed by atoms with Crippen molar-refractivity contribution in [1.82, 2.24) is 19.2 Å². The lowest BCUT2D eigenvalue weighted by Gasteiger charge is -2.28. The van der Waals surface area contributed by atoms with Crippen LogP contribution in [0.15, 0.2) is 35.1 Å². The van der Waals surface area contributed by atoms with E-state index in [-0.39, 0.29) is 10.3 Å². The monoisotopic (exact) mass is 396 g/mol. The van der Waals surface area contributed by atoms with E-state index in [2.05, 4.69) is 35.4 Å². The molecule has 0 amide bonds. The second-order valence-electron chi connectivity index (χ2n) is 7.49. The minimum absolute atomic E-state index is 0.0129. The molecule has 1 aliphatic heterocycles. The Kier molecular flexibility index (Phi) is 3.74. The number of nitrogens with zero attached hydrogens (tertiary/aromatic N) is 4. The first-order valence-electron chi connectivity index (χ1n) is 9.13. The number of aromatic nitrogens is 4. The van der Waals surface area contributed by atoms with Crippen LogP contribution in [0, 0.1) is 0 Å². The maximum Gasteiger partial charge on any atom is 0.268 e. The van der Waals surface area contributed by atoms with Crippen molar-refractivity contribution in [2.45, 2.75) is 44.1 Å². The van der Waals surface area contributed by atoms with Gasteiger partial charge in [0.15, 0.2) is 0 Å². The number of rotatable bonds is 2. The smallest absolute Gasteiger partial charge is 0.268 e. The molecule has 0 radical (unpaired) electrons. The average Bonchev–Trinajstić information content (AvgIpc) is 3.23. The lowest BCUT2D eigenvalue weighted by molar-refractivity contribution is 0.699. The minimum atomic E-state index is 0.0129. The maximum atomic E-state index is 13.7. The first-order chi connectivity index (χ1) is 13.0. The second kappa shape index (κ2) is 5.94. The van der Waals surface area contributed by atoms with Crippen molar-refractivity contribution < 1.29 is 0 Å². The number of para-hydroxylation sites is 1. The molecule has 1 aromatic carbocycles. The van der Waals surface area contributed by atoms with Gasteiger partial charge < -0.3 is 0 Å². The van der Waals surface area contributed by atoms with Crippen LogP contribution < -0.4 is 5.56 Å². The average molecular weight is 397 g/mol. The van der Waals surface area contributed by atoms with Gasteiger partial charge in [0.25, 0.3) is 5.56 Å². The van der Waals surface area contributed by atoms with Gasteiger partial charge in [-0.05, 0) is 24.1 Å². The molecule has 1 aliphatic rings. The molecule has 5 nitrogen and oxygen atoms in total. The molecular formula is C20H20N4OS2. The summed E-state index contributed by atoms with van der Waals surface area (Å²) in [6.07, 6.45) is 1.68. The van der Waals surface area contributed by atoms with E-state index in [1.165, 1.54) is 10.4 Å². The molecule has 0 aliphatic carbocycles. The van der Waals surface area contributed by atoms with Gasteiger partial charge in [0.05, 0.1) is 11.1 Å². The summed E-state index contributed by atoms with van der Waals surface area (Å²) in [4.78, 5) is 16.0. The summed E-state index contributed by atoms with van der Waals surface area (Å²) in [6, 6.07) is 9.75. The molecule has 0 bridgehead atoms. The maximum absolute atomic E-state index is 13.7. The molecule has 27 heavy (non-hydrogen) atoms. The quantitative estimate of drug-likeness (QED) is 0.509. The van der Waals surface area contributed by atoms with Gasteiger partial charge in [-0.2, -0.15) is 0 Å². The van der Waals surface area contributed by atoms with Crippen LogP contribution in [0.25, 0.3) is 21.7 Å². The van der Waals surface area contributed by atoms with Crippen LogP contribution in [0.3, 0.4) is 0 Å². The van der Waals surface area contributed by atoms with Crippen LogP contribution in [0.4, 0.5) is 0 Å². The topological polar surface area (TPSA) is 52.2 Å². The SMILES string of the molecule is CCc1nnc2n(-c3ccccc3)c(=O)c3c4c(sc3n12)CSC(C)(C)C4. The van der Waals surface area contributed by atoms with E-state index in [4.69, 9.17) is 0 Å². The van der Waals surface area contributed by atoms with Crippen LogP contribution in [0.5, 0.6) is 0 Å². The Balaban J connectivity index is 1.97. The molecule has 0 N–H and O–H groups in total. The van der Waals surface area contributed by atoms with Crippen LogP contribution >= 0.6 is 23.1 Å². The third-order valence-electron chi connectivity index (χ3n) is 5.13. The molecule has 0 spiro atoms. The Morgan fingerprint density at radius 2 is 1.96 bits per heavy atom. The van der Waals surface area contributed by atoms with E-state index in [0.29, 0.717) is 5.78 Å². The molecule has 0 unspecified atom stereocenters. The van der Waals surface area contributed by atoms with Gasteiger partial charge >= 0.3 is 0 Å². The first kappa shape index (κ1) is 17.0. The summed E-state index contributed by atoms with van der Waals surface area (Å²) >= 11 is 3.69. The summed E-state index contributed by atoms with van der Waals surface area (Å²) in [5.41, 5.74) is 2.05. The van der Waals surface area contributed by atoms with E-state index in [1.54, 1.807) is 15.9 Å². The number of aryl methyl sites for hydroxylation is 1. The highest BCUT2D eigenvalue weighted by Gasteiger charge is 2.32. The zero-order valence-electron chi connectivity index (χ0n) is 15.5. The fourth-order valence-corrected chi connectivity index (χ4v) is 6.30. The van der Waals surface area contributed by atoms with Gasteiger partial charge in [-0.25, -0.2) is 4.57 Å². The van der Waals surface area contributed by atoms with Gasteiger partial charge in [-0.3, -0.25) is 9.20 Å². The standard InChI is InChI=1S/C20H20N4OS2/c1-4-15-21-22-19-23(12-8-6-5-7-9-12)17(25)16-13-10-20(2,3)26-11-14(13)27-18(16)24(15)19/h5-9H,4,10-11H2,1-3H3. The number of hydrogen-bond acceptors (Lipinski definition) is 5. The van der Waals surface area contributed by atoms with Crippen molar-refractivity contribution >= 4 is 39.1 Å². The molecule has 4 heterocycles. The molecule has 0 fully saturated rings. The third kappa shape index (κ3) is 2.48. The van der Waals surface area contributed by atoms with Crippen LogP contribution in [0.2, 0.25) is 0 Å². The Hall–Kier alpha value is -2.12. The van der Waals surface area contributed by atoms with E-state index in [1.807, 2.05) is 42.1 Å². The van der Waals surface area contributed by atoms with Crippen LogP contribution in [-0.4, -0.2) is 23.9 Å². The first-order valence-corrected chi connectivity index (χ1v) is 10.9. The van der Waals surface area contributed by atoms with Crippen molar-refractivity contribution in [3.05, 3.63) is 57.0 Å². The molecule has 0 saturated carbocycles. The van der Waals surface area contributed by atoms with Crippen molar-refractivity contribution in [2.24, 2.45) is 0 Å². The van der Waals surface area contributed by atoms with Gasteiger partial charge in [0.1, 0.15) is 10.7 Å². The highest BCUT2D eigenvalue weighted by molar-refractivity contribution is 8.00. The molecule has 3 aromatic heterocycles. The largest absolute Gasteiger partial charge is 0.268 e. The number of thiophene rings is 1. The van der Waals surface area contributed by atoms with E-state index in [0.717, 1.165) is 40.3 Å². The summed E-state index contributed by atoms with van der Waals surface area (Å²) in [5, 5.41) is 9.61. The highest BCUT2D eigenvalue weighted by atomic mass is 32.2. The molecule has 138 valence electrons. The van der Waals surface area contributed by atoms with Crippen molar-refractivity contribution in [3.63, 3.8) is 0 Å². The molecule has 0 saturated heterocycles. The Morgan fingerprint density at radius 1 is 1.19 bits per heavy atom. The van der Waals surface area contributed by atoms with Gasteiger partial charge in [-0.1, -0.05) is 39.0 Å². The zero-order valence-corrected chi connectivity index (χ0v) is 17.2. The molecule has 5 rings (SSSR count). The Bertz CT molecular complexity index is 1230. The van der Waals surface area contributed by atoms with Gasteiger partial charge in [-0.15, -0.1) is 33.3 Å².